The van der Waals surface area contributed by atoms with E-state index in [1.54, 1.807) is 24.3 Å². The van der Waals surface area contributed by atoms with Crippen LogP contribution in [0.3, 0.4) is 0 Å². The number of sulfonamides is 1. The summed E-state index contributed by atoms with van der Waals surface area (Å²) >= 11 is 0. The van der Waals surface area contributed by atoms with E-state index in [0.717, 1.165) is 17.9 Å². The van der Waals surface area contributed by atoms with Crippen molar-refractivity contribution in [3.8, 4) is 0 Å². The van der Waals surface area contributed by atoms with Crippen molar-refractivity contribution in [2.75, 3.05) is 10.6 Å². The molecule has 3 atom stereocenters. The highest BCUT2D eigenvalue weighted by atomic mass is 32.2. The van der Waals surface area contributed by atoms with Crippen molar-refractivity contribution in [2.45, 2.75) is 38.3 Å². The molecule has 2 aromatic rings. The molecule has 6 heteroatoms. The maximum atomic E-state index is 12.6. The van der Waals surface area contributed by atoms with Gasteiger partial charge in [-0.1, -0.05) is 36.8 Å². The molecule has 2 saturated carbocycles. The molecule has 2 fully saturated rings. The Hall–Kier alpha value is -2.34. The minimum absolute atomic E-state index is 0.0351. The Balaban J connectivity index is 1.44. The molecule has 2 aliphatic carbocycles. The van der Waals surface area contributed by atoms with Gasteiger partial charge in [0.25, 0.3) is 5.91 Å². The average molecular weight is 399 g/mol. The molecule has 0 aliphatic heterocycles. The second-order valence-electron chi connectivity index (χ2n) is 8.06. The minimum atomic E-state index is -3.41. The predicted molar refractivity (Wildman–Crippen MR) is 111 cm³/mol. The maximum Gasteiger partial charge on any atom is 0.251 e. The highest BCUT2D eigenvalue weighted by molar-refractivity contribution is 7.92. The third-order valence-electron chi connectivity index (χ3n) is 6.04. The van der Waals surface area contributed by atoms with Gasteiger partial charge in [-0.15, -0.1) is 0 Å². The smallest absolute Gasteiger partial charge is 0.251 e. The van der Waals surface area contributed by atoms with E-state index >= 15 is 0 Å². The van der Waals surface area contributed by atoms with Crippen LogP contribution in [0.15, 0.2) is 54.6 Å². The van der Waals surface area contributed by atoms with Crippen molar-refractivity contribution in [3.63, 3.8) is 0 Å². The molecule has 4 rings (SSSR count). The summed E-state index contributed by atoms with van der Waals surface area (Å²) in [6, 6.07) is 16.6. The molecule has 0 aromatic heterocycles. The van der Waals surface area contributed by atoms with Crippen LogP contribution >= 0.6 is 0 Å². The van der Waals surface area contributed by atoms with E-state index in [2.05, 4.69) is 5.32 Å². The van der Waals surface area contributed by atoms with E-state index < -0.39 is 10.0 Å². The van der Waals surface area contributed by atoms with Gasteiger partial charge in [-0.3, -0.25) is 9.10 Å². The Morgan fingerprint density at radius 2 is 1.75 bits per heavy atom. The molecule has 1 amide bonds. The normalized spacial score (nSPS) is 23.5. The third-order valence-corrected chi connectivity index (χ3v) is 7.18. The molecule has 1 N–H and O–H groups in total. The topological polar surface area (TPSA) is 66.5 Å². The first-order chi connectivity index (χ1) is 13.4. The van der Waals surface area contributed by atoms with Gasteiger partial charge >= 0.3 is 0 Å². The molecule has 0 spiro atoms. The summed E-state index contributed by atoms with van der Waals surface area (Å²) in [6.07, 6.45) is 6.11. The standard InChI is InChI=1S/C22H26N2O3S/c1-28(26,27)24(20-5-3-2-4-6-20)15-16-7-10-18(11-8-16)22(25)23-21-14-17-9-12-19(21)13-17/h2-8,10-11,17,19,21H,9,12-15H2,1H3,(H,23,25)/t17-,19+,21-/m1/s1. The van der Waals surface area contributed by atoms with Crippen molar-refractivity contribution in [3.05, 3.63) is 65.7 Å². The van der Waals surface area contributed by atoms with Crippen LogP contribution in [-0.2, 0) is 16.6 Å². The highest BCUT2D eigenvalue weighted by Gasteiger charge is 2.40. The summed E-state index contributed by atoms with van der Waals surface area (Å²) in [5.41, 5.74) is 2.09. The lowest BCUT2D eigenvalue weighted by molar-refractivity contribution is 0.0923. The molecule has 148 valence electrons. The monoisotopic (exact) mass is 398 g/mol. The predicted octanol–water partition coefficient (Wildman–Crippen LogP) is 3.57. The summed E-state index contributed by atoms with van der Waals surface area (Å²) in [6.45, 7) is 0.233. The van der Waals surface area contributed by atoms with Crippen LogP contribution in [0, 0.1) is 11.8 Å². The van der Waals surface area contributed by atoms with Gasteiger partial charge in [0.2, 0.25) is 10.0 Å². The molecule has 0 heterocycles. The maximum absolute atomic E-state index is 12.6. The van der Waals surface area contributed by atoms with Crippen LogP contribution in [0.4, 0.5) is 5.69 Å². The second-order valence-corrected chi connectivity index (χ2v) is 9.96. The van der Waals surface area contributed by atoms with Crippen LogP contribution < -0.4 is 9.62 Å². The van der Waals surface area contributed by atoms with Gasteiger partial charge in [0.05, 0.1) is 18.5 Å². The fraction of sp³-hybridized carbons (Fsp3) is 0.409. The van der Waals surface area contributed by atoms with E-state index in [1.165, 1.54) is 29.8 Å². The van der Waals surface area contributed by atoms with Crippen LogP contribution in [0.1, 0.15) is 41.6 Å². The molecule has 0 saturated heterocycles. The van der Waals surface area contributed by atoms with Gasteiger partial charge in [-0.2, -0.15) is 0 Å². The minimum Gasteiger partial charge on any atom is -0.349 e. The number of hydrogen-bond donors (Lipinski definition) is 1. The van der Waals surface area contributed by atoms with Gasteiger partial charge < -0.3 is 5.32 Å². The lowest BCUT2D eigenvalue weighted by atomic mass is 9.95. The van der Waals surface area contributed by atoms with Crippen LogP contribution in [0.25, 0.3) is 0 Å². The number of hydrogen-bond acceptors (Lipinski definition) is 3. The van der Waals surface area contributed by atoms with Crippen molar-refractivity contribution in [1.29, 1.82) is 0 Å². The molecule has 5 nitrogen and oxygen atoms in total. The summed E-state index contributed by atoms with van der Waals surface area (Å²) in [5.74, 6) is 1.40. The quantitative estimate of drug-likeness (QED) is 0.809. The summed E-state index contributed by atoms with van der Waals surface area (Å²) in [7, 11) is -3.41. The number of carbonyl (C=O) groups is 1. The summed E-state index contributed by atoms with van der Waals surface area (Å²) < 4.78 is 25.8. The SMILES string of the molecule is CS(=O)(=O)N(Cc1ccc(C(=O)N[C@@H]2C[C@@H]3CC[C@H]2C3)cc1)c1ccccc1. The van der Waals surface area contributed by atoms with E-state index in [-0.39, 0.29) is 12.5 Å². The molecule has 0 unspecified atom stereocenters. The second kappa shape index (κ2) is 7.59. The number of para-hydroxylation sites is 1. The number of carbonyl (C=O) groups excluding carboxylic acids is 1. The Morgan fingerprint density at radius 3 is 2.32 bits per heavy atom. The van der Waals surface area contributed by atoms with E-state index in [9.17, 15) is 13.2 Å². The Kier molecular flexibility index (Phi) is 5.15. The molecular formula is C22H26N2O3S. The van der Waals surface area contributed by atoms with Crippen LogP contribution in [-0.4, -0.2) is 26.6 Å². The number of rotatable bonds is 6. The van der Waals surface area contributed by atoms with Gasteiger partial charge in [0.1, 0.15) is 0 Å². The zero-order valence-electron chi connectivity index (χ0n) is 16.0. The number of anilines is 1. The van der Waals surface area contributed by atoms with E-state index in [4.69, 9.17) is 0 Å². The number of amides is 1. The molecule has 0 radical (unpaired) electrons. The number of nitrogens with zero attached hydrogens (tertiary/aromatic N) is 1. The van der Waals surface area contributed by atoms with Crippen molar-refractivity contribution >= 4 is 21.6 Å². The van der Waals surface area contributed by atoms with Gasteiger partial charge in [-0.25, -0.2) is 8.42 Å². The fourth-order valence-corrected chi connectivity index (χ4v) is 5.48. The molecule has 2 aromatic carbocycles. The zero-order valence-corrected chi connectivity index (χ0v) is 16.9. The average Bonchev–Trinajstić information content (AvgIpc) is 3.29. The zero-order chi connectivity index (χ0) is 19.7. The van der Waals surface area contributed by atoms with Gasteiger partial charge in [0.15, 0.2) is 0 Å². The largest absolute Gasteiger partial charge is 0.349 e. The fourth-order valence-electron chi connectivity index (χ4n) is 4.59. The van der Waals surface area contributed by atoms with Gasteiger partial charge in [0, 0.05) is 11.6 Å². The first-order valence-corrected chi connectivity index (χ1v) is 11.7. The third kappa shape index (κ3) is 4.07. The Labute approximate surface area is 166 Å². The molecule has 2 bridgehead atoms. The first kappa shape index (κ1) is 19.0. The lowest BCUT2D eigenvalue weighted by Crippen LogP contribution is -2.38. The van der Waals surface area contributed by atoms with Gasteiger partial charge in [-0.05, 0) is 60.9 Å². The van der Waals surface area contributed by atoms with Crippen molar-refractivity contribution in [1.82, 2.24) is 5.32 Å². The molecular weight excluding hydrogens is 372 g/mol. The Morgan fingerprint density at radius 1 is 1.04 bits per heavy atom. The lowest BCUT2D eigenvalue weighted by Gasteiger charge is -2.23. The number of nitrogens with one attached hydrogen (secondary N) is 1. The van der Waals surface area contributed by atoms with Crippen molar-refractivity contribution in [2.24, 2.45) is 11.8 Å². The summed E-state index contributed by atoms with van der Waals surface area (Å²) in [4.78, 5) is 12.6. The molecule has 2 aliphatic rings. The van der Waals surface area contributed by atoms with Crippen molar-refractivity contribution < 1.29 is 13.2 Å². The molecule has 28 heavy (non-hydrogen) atoms. The van der Waals surface area contributed by atoms with Crippen LogP contribution in [0.5, 0.6) is 0 Å². The summed E-state index contributed by atoms with van der Waals surface area (Å²) in [5, 5.41) is 3.19. The highest BCUT2D eigenvalue weighted by Crippen LogP contribution is 2.44. The number of benzene rings is 2. The van der Waals surface area contributed by atoms with E-state index in [1.807, 2.05) is 30.3 Å². The number of fused-ring (bicyclic) bond motifs is 2. The first-order valence-electron chi connectivity index (χ1n) is 9.83. The Bertz CT molecular complexity index is 942. The van der Waals surface area contributed by atoms with E-state index in [0.29, 0.717) is 23.2 Å². The van der Waals surface area contributed by atoms with Crippen LogP contribution in [0.2, 0.25) is 0 Å².